The standard InChI is InChI=1S/C11H11FN2O/c1-11(15)6-14(7-11)10-4-2-3-9(12)8(10)5-13/h2-4,15H,6-7H2,1H3. The van der Waals surface area contributed by atoms with Crippen LogP contribution in [0.5, 0.6) is 0 Å². The highest BCUT2D eigenvalue weighted by molar-refractivity contribution is 5.61. The summed E-state index contributed by atoms with van der Waals surface area (Å²) < 4.78 is 13.3. The minimum atomic E-state index is -0.723. The van der Waals surface area contributed by atoms with Crippen molar-refractivity contribution >= 4 is 5.69 Å². The Balaban J connectivity index is 2.31. The largest absolute Gasteiger partial charge is 0.386 e. The Morgan fingerprint density at radius 1 is 1.53 bits per heavy atom. The van der Waals surface area contributed by atoms with Gasteiger partial charge in [0.2, 0.25) is 0 Å². The van der Waals surface area contributed by atoms with Gasteiger partial charge in [-0.15, -0.1) is 0 Å². The molecule has 0 unspecified atom stereocenters. The van der Waals surface area contributed by atoms with Crippen molar-refractivity contribution in [2.75, 3.05) is 18.0 Å². The first-order chi connectivity index (χ1) is 7.03. The maximum Gasteiger partial charge on any atom is 0.143 e. The molecule has 0 amide bonds. The summed E-state index contributed by atoms with van der Waals surface area (Å²) >= 11 is 0. The molecular weight excluding hydrogens is 195 g/mol. The second-order valence-corrected chi connectivity index (χ2v) is 4.10. The summed E-state index contributed by atoms with van der Waals surface area (Å²) in [4.78, 5) is 1.79. The van der Waals surface area contributed by atoms with E-state index in [9.17, 15) is 9.50 Å². The first-order valence-electron chi connectivity index (χ1n) is 4.69. The number of hydrogen-bond donors (Lipinski definition) is 1. The second kappa shape index (κ2) is 3.21. The van der Waals surface area contributed by atoms with Crippen molar-refractivity contribution < 1.29 is 9.50 Å². The highest BCUT2D eigenvalue weighted by atomic mass is 19.1. The van der Waals surface area contributed by atoms with Gasteiger partial charge in [-0.2, -0.15) is 5.26 Å². The van der Waals surface area contributed by atoms with Gasteiger partial charge in [-0.3, -0.25) is 0 Å². The van der Waals surface area contributed by atoms with E-state index >= 15 is 0 Å². The SMILES string of the molecule is CC1(O)CN(c2cccc(F)c2C#N)C1. The van der Waals surface area contributed by atoms with Crippen LogP contribution in [0, 0.1) is 17.1 Å². The molecule has 78 valence electrons. The Kier molecular flexibility index (Phi) is 2.13. The predicted octanol–water partition coefficient (Wildman–Crippen LogP) is 1.27. The number of benzene rings is 1. The molecule has 0 radical (unpaired) electrons. The normalized spacial score (nSPS) is 18.1. The topological polar surface area (TPSA) is 47.3 Å². The number of rotatable bonds is 1. The molecule has 1 aromatic carbocycles. The summed E-state index contributed by atoms with van der Waals surface area (Å²) in [5.74, 6) is -0.512. The summed E-state index contributed by atoms with van der Waals surface area (Å²) in [7, 11) is 0. The lowest BCUT2D eigenvalue weighted by Gasteiger charge is -2.46. The molecule has 0 aliphatic carbocycles. The number of halogens is 1. The van der Waals surface area contributed by atoms with Crippen molar-refractivity contribution in [3.63, 3.8) is 0 Å². The zero-order valence-electron chi connectivity index (χ0n) is 8.37. The molecule has 0 aromatic heterocycles. The number of hydrogen-bond acceptors (Lipinski definition) is 3. The van der Waals surface area contributed by atoms with E-state index in [4.69, 9.17) is 5.26 Å². The summed E-state index contributed by atoms with van der Waals surface area (Å²) in [5, 5.41) is 18.4. The van der Waals surface area contributed by atoms with Crippen LogP contribution < -0.4 is 4.90 Å². The van der Waals surface area contributed by atoms with E-state index < -0.39 is 11.4 Å². The highest BCUT2D eigenvalue weighted by Gasteiger charge is 2.37. The van der Waals surface area contributed by atoms with Gasteiger partial charge in [0, 0.05) is 13.1 Å². The fraction of sp³-hybridized carbons (Fsp3) is 0.364. The van der Waals surface area contributed by atoms with E-state index in [0.29, 0.717) is 18.8 Å². The summed E-state index contributed by atoms with van der Waals surface area (Å²) in [6, 6.07) is 6.37. The van der Waals surface area contributed by atoms with Crippen molar-refractivity contribution in [3.05, 3.63) is 29.6 Å². The monoisotopic (exact) mass is 206 g/mol. The molecule has 3 nitrogen and oxygen atoms in total. The molecule has 0 atom stereocenters. The van der Waals surface area contributed by atoms with Crippen molar-refractivity contribution in [1.82, 2.24) is 0 Å². The van der Waals surface area contributed by atoms with Gasteiger partial charge >= 0.3 is 0 Å². The van der Waals surface area contributed by atoms with Crippen molar-refractivity contribution in [1.29, 1.82) is 5.26 Å². The van der Waals surface area contributed by atoms with E-state index in [2.05, 4.69) is 0 Å². The molecule has 4 heteroatoms. The molecule has 1 aliphatic rings. The molecule has 1 aliphatic heterocycles. The lowest BCUT2D eigenvalue weighted by atomic mass is 9.95. The van der Waals surface area contributed by atoms with Gasteiger partial charge in [0.05, 0.1) is 11.3 Å². The van der Waals surface area contributed by atoms with Crippen LogP contribution in [0.25, 0.3) is 0 Å². The molecular formula is C11H11FN2O. The zero-order chi connectivity index (χ0) is 11.1. The second-order valence-electron chi connectivity index (χ2n) is 4.10. The van der Waals surface area contributed by atoms with E-state index in [-0.39, 0.29) is 5.56 Å². The average Bonchev–Trinajstić information content (AvgIpc) is 2.13. The van der Waals surface area contributed by atoms with Gasteiger partial charge in [-0.05, 0) is 19.1 Å². The minimum absolute atomic E-state index is 0.0491. The molecule has 1 aromatic rings. The van der Waals surface area contributed by atoms with Crippen LogP contribution >= 0.6 is 0 Å². The molecule has 15 heavy (non-hydrogen) atoms. The third-order valence-corrected chi connectivity index (χ3v) is 2.51. The van der Waals surface area contributed by atoms with Crippen LogP contribution in [0.3, 0.4) is 0 Å². The molecule has 0 bridgehead atoms. The number of β-amino-alcohol motifs (C(OH)–C–C–N with tert-alkyl or cyclic N) is 1. The van der Waals surface area contributed by atoms with E-state index in [1.165, 1.54) is 6.07 Å². The Morgan fingerprint density at radius 2 is 2.20 bits per heavy atom. The smallest absolute Gasteiger partial charge is 0.143 e. The van der Waals surface area contributed by atoms with Crippen molar-refractivity contribution in [2.24, 2.45) is 0 Å². The van der Waals surface area contributed by atoms with Gasteiger partial charge in [0.25, 0.3) is 0 Å². The Bertz CT molecular complexity index is 429. The Labute approximate surface area is 87.4 Å². The van der Waals surface area contributed by atoms with Gasteiger partial charge in [0.15, 0.2) is 0 Å². The van der Waals surface area contributed by atoms with Crippen LogP contribution in [-0.4, -0.2) is 23.8 Å². The fourth-order valence-electron chi connectivity index (χ4n) is 1.83. The van der Waals surface area contributed by atoms with E-state index in [0.717, 1.165) is 0 Å². The number of nitrogens with zero attached hydrogens (tertiary/aromatic N) is 2. The lowest BCUT2D eigenvalue weighted by molar-refractivity contribution is 0.0310. The predicted molar refractivity (Wildman–Crippen MR) is 54.0 cm³/mol. The molecule has 1 saturated heterocycles. The third-order valence-electron chi connectivity index (χ3n) is 2.51. The first-order valence-corrected chi connectivity index (χ1v) is 4.69. The molecule has 1 heterocycles. The zero-order valence-corrected chi connectivity index (χ0v) is 8.37. The van der Waals surface area contributed by atoms with Crippen LogP contribution in [-0.2, 0) is 0 Å². The van der Waals surface area contributed by atoms with E-state index in [1.54, 1.807) is 24.0 Å². The number of aliphatic hydroxyl groups is 1. The summed E-state index contributed by atoms with van der Waals surface area (Å²) in [6.07, 6.45) is 0. The number of nitriles is 1. The van der Waals surface area contributed by atoms with Crippen molar-refractivity contribution in [2.45, 2.75) is 12.5 Å². The van der Waals surface area contributed by atoms with Gasteiger partial charge < -0.3 is 10.0 Å². The first kappa shape index (κ1) is 9.94. The maximum absolute atomic E-state index is 13.3. The third kappa shape index (κ3) is 1.66. The van der Waals surface area contributed by atoms with Crippen LogP contribution in [0.2, 0.25) is 0 Å². The number of anilines is 1. The van der Waals surface area contributed by atoms with Crippen molar-refractivity contribution in [3.8, 4) is 6.07 Å². The summed E-state index contributed by atoms with van der Waals surface area (Å²) in [5.41, 5.74) is -0.115. The van der Waals surface area contributed by atoms with Crippen LogP contribution in [0.4, 0.5) is 10.1 Å². The van der Waals surface area contributed by atoms with Gasteiger partial charge in [0.1, 0.15) is 17.4 Å². The quantitative estimate of drug-likeness (QED) is 0.752. The van der Waals surface area contributed by atoms with Gasteiger partial charge in [-0.25, -0.2) is 4.39 Å². The van der Waals surface area contributed by atoms with Crippen LogP contribution in [0.1, 0.15) is 12.5 Å². The molecule has 0 spiro atoms. The molecule has 2 rings (SSSR count). The Hall–Kier alpha value is -1.60. The lowest BCUT2D eigenvalue weighted by Crippen LogP contribution is -2.60. The van der Waals surface area contributed by atoms with Crippen LogP contribution in [0.15, 0.2) is 18.2 Å². The maximum atomic E-state index is 13.3. The highest BCUT2D eigenvalue weighted by Crippen LogP contribution is 2.30. The van der Waals surface area contributed by atoms with E-state index in [1.807, 2.05) is 6.07 Å². The average molecular weight is 206 g/mol. The fourth-order valence-corrected chi connectivity index (χ4v) is 1.83. The summed E-state index contributed by atoms with van der Waals surface area (Å²) in [6.45, 7) is 2.59. The Morgan fingerprint density at radius 3 is 2.73 bits per heavy atom. The molecule has 1 fully saturated rings. The minimum Gasteiger partial charge on any atom is -0.386 e. The molecule has 1 N–H and O–H groups in total. The molecule has 0 saturated carbocycles. The van der Waals surface area contributed by atoms with Gasteiger partial charge in [-0.1, -0.05) is 6.07 Å².